The van der Waals surface area contributed by atoms with Crippen LogP contribution in [0, 0.1) is 6.92 Å². The molecule has 9 heteroatoms. The van der Waals surface area contributed by atoms with Gasteiger partial charge in [0.2, 0.25) is 0 Å². The number of para-hydroxylation sites is 1. The van der Waals surface area contributed by atoms with E-state index in [2.05, 4.69) is 15.7 Å². The molecule has 1 aliphatic rings. The number of hydrogen-bond donors (Lipinski definition) is 3. The average molecular weight is 556 g/mol. The van der Waals surface area contributed by atoms with Crippen LogP contribution in [0.5, 0.6) is 5.75 Å². The minimum Gasteiger partial charge on any atom is -0.506 e. The molecule has 0 aliphatic heterocycles. The van der Waals surface area contributed by atoms with Gasteiger partial charge in [0.25, 0.3) is 11.8 Å². The van der Waals surface area contributed by atoms with Crippen LogP contribution in [0.15, 0.2) is 70.6 Å². The number of alkyl halides is 1. The van der Waals surface area contributed by atoms with E-state index in [1.165, 1.54) is 10.8 Å². The standard InChI is InChI=1S/C30H22ClN3O4S/c1-15-14-39-28-26(15)18(12-31)10-22-27(28)23(35)13-34(22)30(37)25-11-17-8-19(6-7-24(17)38-25)32-29(36)21-9-16-4-2-3-5-20(16)33-21/h2-9,11,13-14,18,33,35H,10,12H2,1H3,(H,32,36). The van der Waals surface area contributed by atoms with E-state index < -0.39 is 0 Å². The second-order valence-corrected chi connectivity index (χ2v) is 11.0. The quantitative estimate of drug-likeness (QED) is 0.199. The topological polar surface area (TPSA) is 100 Å². The Bertz CT molecular complexity index is 1910. The molecule has 0 spiro atoms. The maximum atomic E-state index is 13.6. The van der Waals surface area contributed by atoms with Gasteiger partial charge in [-0.25, -0.2) is 0 Å². The Morgan fingerprint density at radius 1 is 1.18 bits per heavy atom. The molecule has 0 radical (unpaired) electrons. The number of fused-ring (bicyclic) bond motifs is 5. The smallest absolute Gasteiger partial charge is 0.297 e. The highest BCUT2D eigenvalue weighted by Gasteiger charge is 2.34. The number of aryl methyl sites for hydroxylation is 1. The van der Waals surface area contributed by atoms with E-state index in [0.29, 0.717) is 40.2 Å². The van der Waals surface area contributed by atoms with Gasteiger partial charge >= 0.3 is 0 Å². The third-order valence-electron chi connectivity index (χ3n) is 7.35. The molecule has 4 heterocycles. The predicted molar refractivity (Wildman–Crippen MR) is 154 cm³/mol. The van der Waals surface area contributed by atoms with Crippen LogP contribution < -0.4 is 5.32 Å². The van der Waals surface area contributed by atoms with E-state index in [4.69, 9.17) is 16.0 Å². The summed E-state index contributed by atoms with van der Waals surface area (Å²) in [7, 11) is 0. The number of aromatic nitrogens is 2. The van der Waals surface area contributed by atoms with Crippen LogP contribution in [0.25, 0.3) is 32.3 Å². The van der Waals surface area contributed by atoms with Crippen LogP contribution in [-0.4, -0.2) is 32.4 Å². The summed E-state index contributed by atoms with van der Waals surface area (Å²) in [5.41, 5.74) is 6.14. The normalized spacial score (nSPS) is 14.5. The maximum absolute atomic E-state index is 13.6. The molecule has 2 aromatic carbocycles. The molecule has 0 fully saturated rings. The van der Waals surface area contributed by atoms with Crippen molar-refractivity contribution >= 4 is 62.3 Å². The van der Waals surface area contributed by atoms with Crippen molar-refractivity contribution in [2.45, 2.75) is 19.3 Å². The van der Waals surface area contributed by atoms with E-state index in [1.54, 1.807) is 41.7 Å². The number of carbonyl (C=O) groups excluding carboxylic acids is 2. The number of amides is 1. The van der Waals surface area contributed by atoms with Crippen molar-refractivity contribution in [2.75, 3.05) is 11.2 Å². The molecule has 7 nitrogen and oxygen atoms in total. The van der Waals surface area contributed by atoms with Gasteiger partial charge in [-0.2, -0.15) is 0 Å². The fourth-order valence-corrected chi connectivity index (χ4v) is 7.00. The molecule has 1 amide bonds. The number of thiophene rings is 1. The van der Waals surface area contributed by atoms with Crippen LogP contribution in [0.1, 0.15) is 43.8 Å². The number of hydrogen-bond acceptors (Lipinski definition) is 5. The molecule has 1 unspecified atom stereocenters. The van der Waals surface area contributed by atoms with Gasteiger partial charge in [0.05, 0.1) is 11.8 Å². The minimum absolute atomic E-state index is 0.0559. The average Bonchev–Trinajstić information content (AvgIpc) is 3.71. The van der Waals surface area contributed by atoms with E-state index in [-0.39, 0.29) is 29.2 Å². The monoisotopic (exact) mass is 555 g/mol. The zero-order valence-electron chi connectivity index (χ0n) is 20.7. The molecule has 3 N–H and O–H groups in total. The number of furan rings is 1. The number of aromatic amines is 1. The molecular formula is C30H22ClN3O4S. The number of carbonyl (C=O) groups is 2. The number of aromatic hydroxyl groups is 1. The minimum atomic E-state index is -0.378. The zero-order chi connectivity index (χ0) is 26.8. The van der Waals surface area contributed by atoms with Gasteiger partial charge in [-0.05, 0) is 66.2 Å². The summed E-state index contributed by atoms with van der Waals surface area (Å²) in [4.78, 5) is 30.5. The van der Waals surface area contributed by atoms with Gasteiger partial charge < -0.3 is 19.8 Å². The zero-order valence-corrected chi connectivity index (χ0v) is 22.3. The molecule has 1 atom stereocenters. The molecule has 1 aliphatic carbocycles. The van der Waals surface area contributed by atoms with Crippen molar-refractivity contribution in [3.05, 3.63) is 94.4 Å². The van der Waals surface area contributed by atoms with E-state index >= 15 is 0 Å². The fourth-order valence-electron chi connectivity index (χ4n) is 5.52. The van der Waals surface area contributed by atoms with Crippen LogP contribution >= 0.6 is 22.9 Å². The summed E-state index contributed by atoms with van der Waals surface area (Å²) >= 11 is 7.88. The number of rotatable bonds is 4. The summed E-state index contributed by atoms with van der Waals surface area (Å²) in [5, 5.41) is 17.4. The van der Waals surface area contributed by atoms with E-state index in [0.717, 1.165) is 32.6 Å². The third kappa shape index (κ3) is 3.78. The highest BCUT2D eigenvalue weighted by atomic mass is 35.5. The number of benzene rings is 2. The summed E-state index contributed by atoms with van der Waals surface area (Å²) in [6, 6.07) is 16.4. The van der Waals surface area contributed by atoms with E-state index in [9.17, 15) is 14.7 Å². The first-order chi connectivity index (χ1) is 18.9. The van der Waals surface area contributed by atoms with Crippen LogP contribution in [-0.2, 0) is 6.42 Å². The first kappa shape index (κ1) is 23.8. The lowest BCUT2D eigenvalue weighted by Crippen LogP contribution is -2.19. The Labute approximate surface area is 231 Å². The van der Waals surface area contributed by atoms with Crippen molar-refractivity contribution in [3.63, 3.8) is 0 Å². The SMILES string of the molecule is Cc1csc2c1C(CCl)Cc1c-2c(O)cn1C(=O)c1cc2cc(NC(=O)c3cc4ccccc4[nH]3)ccc2o1. The molecule has 7 rings (SSSR count). The Hall–Kier alpha value is -4.27. The molecule has 0 bridgehead atoms. The lowest BCUT2D eigenvalue weighted by Gasteiger charge is -2.23. The fraction of sp³-hybridized carbons (Fsp3) is 0.133. The maximum Gasteiger partial charge on any atom is 0.297 e. The van der Waals surface area contributed by atoms with Gasteiger partial charge in [0.15, 0.2) is 5.76 Å². The highest BCUT2D eigenvalue weighted by Crippen LogP contribution is 2.49. The van der Waals surface area contributed by atoms with Crippen LogP contribution in [0.4, 0.5) is 5.69 Å². The van der Waals surface area contributed by atoms with Crippen molar-refractivity contribution in [1.82, 2.24) is 9.55 Å². The van der Waals surface area contributed by atoms with Gasteiger partial charge in [0, 0.05) is 44.3 Å². The third-order valence-corrected chi connectivity index (χ3v) is 8.85. The lowest BCUT2D eigenvalue weighted by molar-refractivity contribution is 0.0930. The number of H-pyrrole nitrogens is 1. The van der Waals surface area contributed by atoms with Crippen molar-refractivity contribution < 1.29 is 19.1 Å². The van der Waals surface area contributed by atoms with E-state index in [1.807, 2.05) is 31.2 Å². The van der Waals surface area contributed by atoms with Crippen LogP contribution in [0.3, 0.4) is 0 Å². The van der Waals surface area contributed by atoms with Crippen molar-refractivity contribution in [3.8, 4) is 16.2 Å². The Kier molecular flexibility index (Phi) is 5.43. The first-order valence-corrected chi connectivity index (χ1v) is 13.9. The number of anilines is 1. The number of nitrogens with one attached hydrogen (secondary N) is 2. The molecule has 39 heavy (non-hydrogen) atoms. The molecular weight excluding hydrogens is 534 g/mol. The Balaban J connectivity index is 1.19. The van der Waals surface area contributed by atoms with Gasteiger partial charge in [-0.3, -0.25) is 14.2 Å². The van der Waals surface area contributed by atoms with Crippen molar-refractivity contribution in [1.29, 1.82) is 0 Å². The summed E-state index contributed by atoms with van der Waals surface area (Å²) in [6.07, 6.45) is 2.00. The molecule has 0 saturated heterocycles. The highest BCUT2D eigenvalue weighted by molar-refractivity contribution is 7.14. The second-order valence-electron chi connectivity index (χ2n) is 9.82. The largest absolute Gasteiger partial charge is 0.506 e. The lowest BCUT2D eigenvalue weighted by atomic mass is 9.85. The molecule has 4 aromatic heterocycles. The van der Waals surface area contributed by atoms with Gasteiger partial charge in [0.1, 0.15) is 17.0 Å². The predicted octanol–water partition coefficient (Wildman–Crippen LogP) is 7.28. The first-order valence-electron chi connectivity index (χ1n) is 12.5. The molecule has 6 aromatic rings. The van der Waals surface area contributed by atoms with Crippen LogP contribution in [0.2, 0.25) is 0 Å². The Morgan fingerprint density at radius 3 is 2.85 bits per heavy atom. The number of halogens is 1. The number of nitrogens with zero attached hydrogens (tertiary/aromatic N) is 1. The molecule has 0 saturated carbocycles. The van der Waals surface area contributed by atoms with Gasteiger partial charge in [-0.1, -0.05) is 18.2 Å². The summed E-state index contributed by atoms with van der Waals surface area (Å²) < 4.78 is 7.37. The summed E-state index contributed by atoms with van der Waals surface area (Å²) in [5.74, 6) is 0.0283. The second kappa shape index (κ2) is 8.90. The summed E-state index contributed by atoms with van der Waals surface area (Å²) in [6.45, 7) is 2.05. The Morgan fingerprint density at radius 2 is 2.03 bits per heavy atom. The van der Waals surface area contributed by atoms with Gasteiger partial charge in [-0.15, -0.1) is 22.9 Å². The van der Waals surface area contributed by atoms with Crippen molar-refractivity contribution in [2.24, 2.45) is 0 Å². The molecule has 194 valence electrons.